The number of pyridine rings is 2. The van der Waals surface area contributed by atoms with Crippen LogP contribution in [0.4, 0.5) is 11.5 Å². The summed E-state index contributed by atoms with van der Waals surface area (Å²) in [5, 5.41) is 18.6. The van der Waals surface area contributed by atoms with Crippen LogP contribution in [-0.2, 0) is 13.6 Å². The van der Waals surface area contributed by atoms with Gasteiger partial charge in [-0.1, -0.05) is 12.1 Å². The second kappa shape index (κ2) is 6.36. The second-order valence-electron chi connectivity index (χ2n) is 6.08. The van der Waals surface area contributed by atoms with Crippen LogP contribution in [0, 0.1) is 0 Å². The van der Waals surface area contributed by atoms with Crippen molar-refractivity contribution in [2.75, 3.05) is 11.1 Å². The highest BCUT2D eigenvalue weighted by Crippen LogP contribution is 2.32. The Kier molecular flexibility index (Phi) is 3.89. The van der Waals surface area contributed by atoms with Gasteiger partial charge in [-0.15, -0.1) is 0 Å². The second-order valence-corrected chi connectivity index (χ2v) is 6.08. The van der Waals surface area contributed by atoms with E-state index in [1.165, 1.54) is 0 Å². The molecule has 0 aliphatic carbocycles. The van der Waals surface area contributed by atoms with Crippen molar-refractivity contribution in [2.24, 2.45) is 7.05 Å². The van der Waals surface area contributed by atoms with Crippen molar-refractivity contribution < 1.29 is 5.11 Å². The molecule has 0 amide bonds. The molecule has 0 saturated carbocycles. The first-order valence-corrected chi connectivity index (χ1v) is 8.16. The molecule has 4 N–H and O–H groups in total. The van der Waals surface area contributed by atoms with Gasteiger partial charge in [0.1, 0.15) is 11.4 Å². The van der Waals surface area contributed by atoms with Crippen LogP contribution in [0.2, 0.25) is 0 Å². The zero-order valence-electron chi connectivity index (χ0n) is 14.2. The van der Waals surface area contributed by atoms with Gasteiger partial charge in [-0.2, -0.15) is 5.10 Å². The number of benzene rings is 1. The maximum absolute atomic E-state index is 10.1. The average molecular weight is 346 g/mol. The van der Waals surface area contributed by atoms with E-state index < -0.39 is 0 Å². The van der Waals surface area contributed by atoms with Gasteiger partial charge in [0.15, 0.2) is 5.82 Å². The number of nitrogens with zero attached hydrogens (tertiary/aromatic N) is 4. The Hall–Kier alpha value is -3.61. The molecule has 4 aromatic rings. The molecule has 0 aliphatic heterocycles. The zero-order valence-corrected chi connectivity index (χ0v) is 14.2. The molecule has 1 aromatic carbocycles. The highest BCUT2D eigenvalue weighted by atomic mass is 16.3. The summed E-state index contributed by atoms with van der Waals surface area (Å²) in [7, 11) is 1.83. The van der Waals surface area contributed by atoms with Crippen LogP contribution >= 0.6 is 0 Å². The van der Waals surface area contributed by atoms with Crippen molar-refractivity contribution in [2.45, 2.75) is 6.54 Å². The van der Waals surface area contributed by atoms with E-state index >= 15 is 0 Å². The van der Waals surface area contributed by atoms with Crippen molar-refractivity contribution in [3.63, 3.8) is 0 Å². The van der Waals surface area contributed by atoms with Crippen molar-refractivity contribution in [3.05, 3.63) is 60.6 Å². The Bertz CT molecular complexity index is 1090. The van der Waals surface area contributed by atoms with E-state index in [1.54, 1.807) is 23.1 Å². The largest absolute Gasteiger partial charge is 0.506 e. The number of aromatic nitrogens is 4. The van der Waals surface area contributed by atoms with E-state index in [9.17, 15) is 5.11 Å². The Morgan fingerprint density at radius 2 is 2.12 bits per heavy atom. The topological polar surface area (TPSA) is 102 Å². The summed E-state index contributed by atoms with van der Waals surface area (Å²) in [5.41, 5.74) is 9.64. The van der Waals surface area contributed by atoms with E-state index in [0.29, 0.717) is 18.1 Å². The Balaban J connectivity index is 1.61. The normalized spacial score (nSPS) is 11.0. The molecule has 26 heavy (non-hydrogen) atoms. The highest BCUT2D eigenvalue weighted by molar-refractivity contribution is 5.79. The van der Waals surface area contributed by atoms with Gasteiger partial charge in [-0.3, -0.25) is 9.67 Å². The van der Waals surface area contributed by atoms with Crippen LogP contribution in [-0.4, -0.2) is 24.9 Å². The van der Waals surface area contributed by atoms with Gasteiger partial charge in [-0.25, -0.2) is 4.98 Å². The molecule has 0 fully saturated rings. The molecule has 0 spiro atoms. The molecule has 7 nitrogen and oxygen atoms in total. The average Bonchev–Trinajstić information content (AvgIpc) is 3.09. The Labute approximate surface area is 150 Å². The van der Waals surface area contributed by atoms with E-state index in [2.05, 4.69) is 26.4 Å². The first kappa shape index (κ1) is 15.9. The molecule has 4 rings (SSSR count). The number of hydrogen-bond donors (Lipinski definition) is 3. The molecule has 0 radical (unpaired) electrons. The molecular weight excluding hydrogens is 328 g/mol. The third-order valence-corrected chi connectivity index (χ3v) is 4.16. The number of hydrogen-bond acceptors (Lipinski definition) is 6. The molecule has 130 valence electrons. The van der Waals surface area contributed by atoms with Gasteiger partial charge < -0.3 is 16.2 Å². The van der Waals surface area contributed by atoms with Gasteiger partial charge in [0.2, 0.25) is 0 Å². The summed E-state index contributed by atoms with van der Waals surface area (Å²) in [6.07, 6.45) is 5.30. The fourth-order valence-corrected chi connectivity index (χ4v) is 2.80. The maximum atomic E-state index is 10.1. The quantitative estimate of drug-likeness (QED) is 0.525. The number of nitrogen functional groups attached to an aromatic ring is 1. The minimum absolute atomic E-state index is 0.0101. The van der Waals surface area contributed by atoms with E-state index in [4.69, 9.17) is 5.73 Å². The summed E-state index contributed by atoms with van der Waals surface area (Å²) in [6, 6.07) is 11.5. The lowest BCUT2D eigenvalue weighted by molar-refractivity contribution is 0.478. The Morgan fingerprint density at radius 3 is 2.92 bits per heavy atom. The van der Waals surface area contributed by atoms with Crippen LogP contribution in [0.1, 0.15) is 5.56 Å². The lowest BCUT2D eigenvalue weighted by atomic mass is 10.1. The number of anilines is 2. The standard InChI is InChI=1S/C19H18N6O/c1-25-11-14(10-23-25)16-8-17(26)18(20)19(24-16)22-9-12-4-5-15-13(7-12)3-2-6-21-15/h2-8,10-11H,9,20H2,1H3,(H2,22,24,26). The fraction of sp³-hybridized carbons (Fsp3) is 0.105. The number of fused-ring (bicyclic) bond motifs is 1. The minimum atomic E-state index is -0.0101. The maximum Gasteiger partial charge on any atom is 0.154 e. The third kappa shape index (κ3) is 3.02. The van der Waals surface area contributed by atoms with Crippen molar-refractivity contribution in [1.29, 1.82) is 0 Å². The zero-order chi connectivity index (χ0) is 18.1. The number of aromatic hydroxyl groups is 1. The molecule has 0 atom stereocenters. The van der Waals surface area contributed by atoms with Crippen LogP contribution in [0.25, 0.3) is 22.2 Å². The number of aryl methyl sites for hydroxylation is 1. The predicted octanol–water partition coefficient (Wildman–Crippen LogP) is 2.93. The van der Waals surface area contributed by atoms with Gasteiger partial charge in [0.25, 0.3) is 0 Å². The Morgan fingerprint density at radius 1 is 1.23 bits per heavy atom. The number of nitrogens with one attached hydrogen (secondary N) is 1. The van der Waals surface area contributed by atoms with Crippen LogP contribution in [0.3, 0.4) is 0 Å². The van der Waals surface area contributed by atoms with Crippen LogP contribution < -0.4 is 11.1 Å². The van der Waals surface area contributed by atoms with Crippen molar-refractivity contribution >= 4 is 22.4 Å². The first-order valence-electron chi connectivity index (χ1n) is 8.16. The van der Waals surface area contributed by atoms with Crippen LogP contribution in [0.5, 0.6) is 5.75 Å². The lowest BCUT2D eigenvalue weighted by Gasteiger charge is -2.12. The fourth-order valence-electron chi connectivity index (χ4n) is 2.80. The third-order valence-electron chi connectivity index (χ3n) is 4.16. The highest BCUT2D eigenvalue weighted by Gasteiger charge is 2.12. The molecule has 3 aromatic heterocycles. The number of rotatable bonds is 4. The first-order chi connectivity index (χ1) is 12.6. The predicted molar refractivity (Wildman–Crippen MR) is 102 cm³/mol. The van der Waals surface area contributed by atoms with Gasteiger partial charge in [0, 0.05) is 43.0 Å². The molecule has 7 heteroatoms. The SMILES string of the molecule is Cn1cc(-c2cc(O)c(N)c(NCc3ccc4ncccc4c3)n2)cn1. The molecular formula is C19H18N6O. The molecule has 0 bridgehead atoms. The summed E-state index contributed by atoms with van der Waals surface area (Å²) in [4.78, 5) is 8.85. The van der Waals surface area contributed by atoms with Crippen LogP contribution in [0.15, 0.2) is 55.0 Å². The molecule has 0 saturated heterocycles. The van der Waals surface area contributed by atoms with Gasteiger partial charge >= 0.3 is 0 Å². The summed E-state index contributed by atoms with van der Waals surface area (Å²) in [6.45, 7) is 0.526. The summed E-state index contributed by atoms with van der Waals surface area (Å²) in [5.74, 6) is 0.430. The number of nitrogens with two attached hydrogens (primary N) is 1. The monoisotopic (exact) mass is 346 g/mol. The molecule has 0 unspecified atom stereocenters. The van der Waals surface area contributed by atoms with Gasteiger partial charge in [-0.05, 0) is 23.8 Å². The van der Waals surface area contributed by atoms with Crippen molar-refractivity contribution in [3.8, 4) is 17.0 Å². The van der Waals surface area contributed by atoms with E-state index in [1.807, 2.05) is 37.5 Å². The van der Waals surface area contributed by atoms with Gasteiger partial charge in [0.05, 0.1) is 17.4 Å². The van der Waals surface area contributed by atoms with Crippen molar-refractivity contribution in [1.82, 2.24) is 19.7 Å². The van der Waals surface area contributed by atoms with E-state index in [-0.39, 0.29) is 11.4 Å². The minimum Gasteiger partial charge on any atom is -0.506 e. The summed E-state index contributed by atoms with van der Waals surface area (Å²) >= 11 is 0. The smallest absolute Gasteiger partial charge is 0.154 e. The summed E-state index contributed by atoms with van der Waals surface area (Å²) < 4.78 is 1.68. The van der Waals surface area contributed by atoms with E-state index in [0.717, 1.165) is 22.0 Å². The lowest BCUT2D eigenvalue weighted by Crippen LogP contribution is -2.05. The molecule has 0 aliphatic rings. The molecule has 3 heterocycles.